The van der Waals surface area contributed by atoms with Crippen molar-refractivity contribution in [3.05, 3.63) is 35.4 Å². The molecule has 0 amide bonds. The molecule has 0 spiro atoms. The van der Waals surface area contributed by atoms with Gasteiger partial charge >= 0.3 is 0 Å². The van der Waals surface area contributed by atoms with Crippen molar-refractivity contribution in [1.82, 2.24) is 0 Å². The summed E-state index contributed by atoms with van der Waals surface area (Å²) in [6, 6.07) is 8.27. The Labute approximate surface area is 115 Å². The zero-order valence-electron chi connectivity index (χ0n) is 11.6. The third-order valence-electron chi connectivity index (χ3n) is 3.82. The van der Waals surface area contributed by atoms with Crippen LogP contribution < -0.4 is 5.73 Å². The van der Waals surface area contributed by atoms with Crippen LogP contribution in [0.1, 0.15) is 43.4 Å². The van der Waals surface area contributed by atoms with Gasteiger partial charge in [0, 0.05) is 12.8 Å². The van der Waals surface area contributed by atoms with Crippen molar-refractivity contribution in [3.8, 4) is 0 Å². The number of benzene rings is 1. The van der Waals surface area contributed by atoms with Crippen LogP contribution in [0.5, 0.6) is 0 Å². The molecule has 2 atom stereocenters. The summed E-state index contributed by atoms with van der Waals surface area (Å²) in [7, 11) is 0. The van der Waals surface area contributed by atoms with Gasteiger partial charge in [0.2, 0.25) is 0 Å². The number of Topliss-reactive ketones (excluding diaryl/α,β-unsaturated/α-hetero) is 1. The van der Waals surface area contributed by atoms with Gasteiger partial charge in [0.1, 0.15) is 5.78 Å². The highest BCUT2D eigenvalue weighted by Crippen LogP contribution is 2.30. The molecule has 2 unspecified atom stereocenters. The summed E-state index contributed by atoms with van der Waals surface area (Å²) < 4.78 is 5.76. The number of rotatable bonds is 6. The van der Waals surface area contributed by atoms with Crippen molar-refractivity contribution in [2.45, 2.75) is 38.7 Å². The summed E-state index contributed by atoms with van der Waals surface area (Å²) in [5, 5.41) is 0. The molecule has 0 bridgehead atoms. The van der Waals surface area contributed by atoms with E-state index in [0.717, 1.165) is 12.8 Å². The van der Waals surface area contributed by atoms with E-state index in [0.29, 0.717) is 31.9 Å². The van der Waals surface area contributed by atoms with Crippen LogP contribution in [-0.2, 0) is 16.0 Å². The van der Waals surface area contributed by atoms with Crippen LogP contribution >= 0.6 is 0 Å². The molecule has 2 N–H and O–H groups in total. The molecule has 0 aromatic heterocycles. The molecule has 3 heteroatoms. The molecule has 1 heterocycles. The van der Waals surface area contributed by atoms with Gasteiger partial charge in [-0.15, -0.1) is 0 Å². The molecule has 1 aliphatic rings. The zero-order chi connectivity index (χ0) is 13.7. The van der Waals surface area contributed by atoms with Gasteiger partial charge in [0.25, 0.3) is 0 Å². The summed E-state index contributed by atoms with van der Waals surface area (Å²) in [6.45, 7) is 3.45. The van der Waals surface area contributed by atoms with Crippen molar-refractivity contribution >= 4 is 5.78 Å². The van der Waals surface area contributed by atoms with E-state index >= 15 is 0 Å². The van der Waals surface area contributed by atoms with E-state index in [-0.39, 0.29) is 11.9 Å². The van der Waals surface area contributed by atoms with Gasteiger partial charge in [-0.2, -0.15) is 0 Å². The van der Waals surface area contributed by atoms with Crippen LogP contribution in [0.2, 0.25) is 0 Å². The second-order valence-electron chi connectivity index (χ2n) is 5.43. The number of ether oxygens (including phenoxy) is 1. The minimum atomic E-state index is -0.0503. The molecule has 1 aromatic carbocycles. The topological polar surface area (TPSA) is 52.3 Å². The number of fused-ring (bicyclic) bond motifs is 1. The van der Waals surface area contributed by atoms with Crippen LogP contribution in [0.25, 0.3) is 0 Å². The SMILES string of the molecule is CC(CN)CCC(=O)CC1OCCc2ccccc21. The molecule has 0 saturated heterocycles. The lowest BCUT2D eigenvalue weighted by Crippen LogP contribution is -2.19. The van der Waals surface area contributed by atoms with E-state index in [1.807, 2.05) is 12.1 Å². The Kier molecular flexibility index (Phi) is 5.11. The lowest BCUT2D eigenvalue weighted by Gasteiger charge is -2.25. The summed E-state index contributed by atoms with van der Waals surface area (Å²) in [4.78, 5) is 12.0. The predicted molar refractivity (Wildman–Crippen MR) is 75.9 cm³/mol. The van der Waals surface area contributed by atoms with E-state index < -0.39 is 0 Å². The van der Waals surface area contributed by atoms with Gasteiger partial charge in [-0.3, -0.25) is 4.79 Å². The van der Waals surface area contributed by atoms with Gasteiger partial charge in [0.15, 0.2) is 0 Å². The normalized spacial score (nSPS) is 19.8. The summed E-state index contributed by atoms with van der Waals surface area (Å²) in [5.41, 5.74) is 8.08. The minimum absolute atomic E-state index is 0.0503. The average Bonchev–Trinajstić information content (AvgIpc) is 2.45. The Morgan fingerprint density at radius 1 is 1.47 bits per heavy atom. The van der Waals surface area contributed by atoms with Gasteiger partial charge in [0.05, 0.1) is 12.7 Å². The Hall–Kier alpha value is -1.19. The minimum Gasteiger partial charge on any atom is -0.373 e. The van der Waals surface area contributed by atoms with Crippen LogP contribution in [0.15, 0.2) is 24.3 Å². The van der Waals surface area contributed by atoms with E-state index in [9.17, 15) is 4.79 Å². The standard InChI is InChI=1S/C16H23NO2/c1-12(11-17)6-7-14(18)10-16-15-5-3-2-4-13(15)8-9-19-16/h2-5,12,16H,6-11,17H2,1H3. The highest BCUT2D eigenvalue weighted by Gasteiger charge is 2.22. The third kappa shape index (κ3) is 3.88. The second kappa shape index (κ2) is 6.83. The molecule has 1 aliphatic heterocycles. The lowest BCUT2D eigenvalue weighted by atomic mass is 9.93. The molecule has 2 rings (SSSR count). The molecule has 1 aromatic rings. The second-order valence-corrected chi connectivity index (χ2v) is 5.43. The molecular weight excluding hydrogens is 238 g/mol. The number of hydrogen-bond donors (Lipinski definition) is 1. The predicted octanol–water partition coefficient (Wildman–Crippen LogP) is 2.63. The van der Waals surface area contributed by atoms with E-state index in [2.05, 4.69) is 19.1 Å². The molecule has 104 valence electrons. The highest BCUT2D eigenvalue weighted by molar-refractivity contribution is 5.79. The fraction of sp³-hybridized carbons (Fsp3) is 0.562. The first-order valence-electron chi connectivity index (χ1n) is 7.12. The van der Waals surface area contributed by atoms with Gasteiger partial charge in [-0.1, -0.05) is 31.2 Å². The zero-order valence-corrected chi connectivity index (χ0v) is 11.6. The Morgan fingerprint density at radius 3 is 3.05 bits per heavy atom. The molecule has 0 saturated carbocycles. The molecule has 0 aliphatic carbocycles. The number of hydrogen-bond acceptors (Lipinski definition) is 3. The lowest BCUT2D eigenvalue weighted by molar-refractivity contribution is -0.122. The number of nitrogens with two attached hydrogens (primary N) is 1. The maximum Gasteiger partial charge on any atom is 0.135 e. The summed E-state index contributed by atoms with van der Waals surface area (Å²) in [5.74, 6) is 0.700. The molecule has 0 fully saturated rings. The molecule has 19 heavy (non-hydrogen) atoms. The first-order valence-corrected chi connectivity index (χ1v) is 7.12. The Balaban J connectivity index is 1.91. The number of carbonyl (C=O) groups excluding carboxylic acids is 1. The maximum absolute atomic E-state index is 12.0. The Morgan fingerprint density at radius 2 is 2.26 bits per heavy atom. The third-order valence-corrected chi connectivity index (χ3v) is 3.82. The monoisotopic (exact) mass is 261 g/mol. The molecular formula is C16H23NO2. The summed E-state index contributed by atoms with van der Waals surface area (Å²) in [6.07, 6.45) is 2.88. The van der Waals surface area contributed by atoms with Gasteiger partial charge in [-0.05, 0) is 36.4 Å². The van der Waals surface area contributed by atoms with Crippen molar-refractivity contribution in [2.24, 2.45) is 11.7 Å². The first-order chi connectivity index (χ1) is 9.20. The van der Waals surface area contributed by atoms with Crippen LogP contribution in [0.4, 0.5) is 0 Å². The molecule has 3 nitrogen and oxygen atoms in total. The fourth-order valence-electron chi connectivity index (χ4n) is 2.48. The van der Waals surface area contributed by atoms with E-state index in [1.165, 1.54) is 11.1 Å². The van der Waals surface area contributed by atoms with E-state index in [1.54, 1.807) is 0 Å². The Bertz CT molecular complexity index is 431. The summed E-state index contributed by atoms with van der Waals surface area (Å²) >= 11 is 0. The van der Waals surface area contributed by atoms with Crippen LogP contribution in [0, 0.1) is 5.92 Å². The van der Waals surface area contributed by atoms with Crippen LogP contribution in [-0.4, -0.2) is 18.9 Å². The largest absolute Gasteiger partial charge is 0.373 e. The maximum atomic E-state index is 12.0. The average molecular weight is 261 g/mol. The van der Waals surface area contributed by atoms with Gasteiger partial charge < -0.3 is 10.5 Å². The van der Waals surface area contributed by atoms with Crippen molar-refractivity contribution in [1.29, 1.82) is 0 Å². The number of ketones is 1. The van der Waals surface area contributed by atoms with Crippen LogP contribution in [0.3, 0.4) is 0 Å². The first kappa shape index (κ1) is 14.2. The fourth-order valence-corrected chi connectivity index (χ4v) is 2.48. The number of carbonyl (C=O) groups is 1. The highest BCUT2D eigenvalue weighted by atomic mass is 16.5. The van der Waals surface area contributed by atoms with Gasteiger partial charge in [-0.25, -0.2) is 0 Å². The smallest absolute Gasteiger partial charge is 0.135 e. The van der Waals surface area contributed by atoms with E-state index in [4.69, 9.17) is 10.5 Å². The van der Waals surface area contributed by atoms with Crippen molar-refractivity contribution in [2.75, 3.05) is 13.2 Å². The molecule has 0 radical (unpaired) electrons. The quantitative estimate of drug-likeness (QED) is 0.856. The van der Waals surface area contributed by atoms with Crippen molar-refractivity contribution < 1.29 is 9.53 Å². The van der Waals surface area contributed by atoms with Crippen molar-refractivity contribution in [3.63, 3.8) is 0 Å².